The van der Waals surface area contributed by atoms with Crippen LogP contribution >= 0.6 is 0 Å². The molecular formula is C16H17NO4. The average Bonchev–Trinajstić information content (AvgIpc) is 2.45. The zero-order valence-corrected chi connectivity index (χ0v) is 11.7. The molecule has 2 aromatic carbocycles. The Morgan fingerprint density at radius 1 is 1.19 bits per heavy atom. The molecule has 0 spiro atoms. The first-order valence-electron chi connectivity index (χ1n) is 6.69. The van der Waals surface area contributed by atoms with Gasteiger partial charge in [-0.1, -0.05) is 37.3 Å². The second-order valence-electron chi connectivity index (χ2n) is 5.10. The van der Waals surface area contributed by atoms with Crippen molar-refractivity contribution in [2.45, 2.75) is 13.3 Å². The van der Waals surface area contributed by atoms with Crippen LogP contribution in [0.5, 0.6) is 5.75 Å². The van der Waals surface area contributed by atoms with Gasteiger partial charge >= 0.3 is 5.97 Å². The van der Waals surface area contributed by atoms with Crippen LogP contribution in [0.15, 0.2) is 36.4 Å². The molecule has 0 bridgehead atoms. The number of nitrogens with one attached hydrogen (secondary N) is 1. The summed E-state index contributed by atoms with van der Waals surface area (Å²) >= 11 is 0. The largest absolute Gasteiger partial charge is 0.506 e. The number of aromatic hydroxyl groups is 1. The van der Waals surface area contributed by atoms with Crippen molar-refractivity contribution in [2.24, 2.45) is 5.92 Å². The molecule has 0 aromatic heterocycles. The average molecular weight is 287 g/mol. The molecule has 0 aliphatic heterocycles. The molecule has 0 saturated heterocycles. The SMILES string of the molecule is CC(CNC(=O)c1ccc2ccccc2c1O)CC(=O)O. The van der Waals surface area contributed by atoms with Crippen molar-refractivity contribution < 1.29 is 19.8 Å². The molecule has 1 atom stereocenters. The van der Waals surface area contributed by atoms with Crippen molar-refractivity contribution in [1.82, 2.24) is 5.32 Å². The van der Waals surface area contributed by atoms with Crippen molar-refractivity contribution in [1.29, 1.82) is 0 Å². The first kappa shape index (κ1) is 14.8. The number of phenolic OH excluding ortho intramolecular Hbond substituents is 1. The number of carboxylic acid groups (broad SMARTS) is 1. The zero-order chi connectivity index (χ0) is 15.4. The van der Waals surface area contributed by atoms with Gasteiger partial charge < -0.3 is 15.5 Å². The van der Waals surface area contributed by atoms with Crippen LogP contribution in [0, 0.1) is 5.92 Å². The molecule has 21 heavy (non-hydrogen) atoms. The second kappa shape index (κ2) is 6.26. The summed E-state index contributed by atoms with van der Waals surface area (Å²) in [6.07, 6.45) is -0.00994. The lowest BCUT2D eigenvalue weighted by molar-refractivity contribution is -0.137. The van der Waals surface area contributed by atoms with Gasteiger partial charge in [0.1, 0.15) is 5.75 Å². The Balaban J connectivity index is 2.13. The molecule has 0 aliphatic rings. The zero-order valence-electron chi connectivity index (χ0n) is 11.7. The van der Waals surface area contributed by atoms with Gasteiger partial charge in [0.05, 0.1) is 5.56 Å². The van der Waals surface area contributed by atoms with E-state index < -0.39 is 11.9 Å². The monoisotopic (exact) mass is 287 g/mol. The summed E-state index contributed by atoms with van der Waals surface area (Å²) in [6.45, 7) is 1.99. The van der Waals surface area contributed by atoms with E-state index in [0.29, 0.717) is 5.39 Å². The smallest absolute Gasteiger partial charge is 0.303 e. The van der Waals surface area contributed by atoms with E-state index in [-0.39, 0.29) is 30.2 Å². The van der Waals surface area contributed by atoms with E-state index in [1.165, 1.54) is 0 Å². The number of hydrogen-bond acceptors (Lipinski definition) is 3. The standard InChI is InChI=1S/C16H17NO4/c1-10(8-14(18)19)9-17-16(21)13-7-6-11-4-2-3-5-12(11)15(13)20/h2-7,10,20H,8-9H2,1H3,(H,17,21)(H,18,19). The molecule has 0 radical (unpaired) electrons. The molecule has 1 unspecified atom stereocenters. The van der Waals surface area contributed by atoms with Crippen LogP contribution in [0.3, 0.4) is 0 Å². The molecule has 0 aliphatic carbocycles. The minimum absolute atomic E-state index is 0.00994. The third-order valence-corrected chi connectivity index (χ3v) is 3.28. The predicted octanol–water partition coefficient (Wildman–Crippen LogP) is 2.39. The lowest BCUT2D eigenvalue weighted by Gasteiger charge is -2.12. The Labute approximate surface area is 122 Å². The van der Waals surface area contributed by atoms with Gasteiger partial charge in [0, 0.05) is 18.4 Å². The summed E-state index contributed by atoms with van der Waals surface area (Å²) in [5.41, 5.74) is 0.191. The number of carbonyl (C=O) groups is 2. The lowest BCUT2D eigenvalue weighted by atomic mass is 10.0. The number of carboxylic acids is 1. The van der Waals surface area contributed by atoms with Crippen LogP contribution in [0.4, 0.5) is 0 Å². The number of hydrogen-bond donors (Lipinski definition) is 3. The number of amides is 1. The molecule has 0 fully saturated rings. The van der Waals surface area contributed by atoms with Crippen molar-refractivity contribution in [2.75, 3.05) is 6.54 Å². The lowest BCUT2D eigenvalue weighted by Crippen LogP contribution is -2.29. The van der Waals surface area contributed by atoms with Gasteiger partial charge in [-0.15, -0.1) is 0 Å². The third-order valence-electron chi connectivity index (χ3n) is 3.28. The highest BCUT2D eigenvalue weighted by Gasteiger charge is 2.15. The number of rotatable bonds is 5. The summed E-state index contributed by atoms with van der Waals surface area (Å²) < 4.78 is 0. The molecule has 3 N–H and O–H groups in total. The summed E-state index contributed by atoms with van der Waals surface area (Å²) in [4.78, 5) is 22.7. The highest BCUT2D eigenvalue weighted by atomic mass is 16.4. The number of carbonyl (C=O) groups excluding carboxylic acids is 1. The minimum atomic E-state index is -0.898. The van der Waals surface area contributed by atoms with Crippen LogP contribution in [0.1, 0.15) is 23.7 Å². The molecule has 2 rings (SSSR count). The van der Waals surface area contributed by atoms with Crippen molar-refractivity contribution >= 4 is 22.6 Å². The molecule has 5 nitrogen and oxygen atoms in total. The van der Waals surface area contributed by atoms with Crippen LogP contribution in [0.25, 0.3) is 10.8 Å². The molecule has 110 valence electrons. The van der Waals surface area contributed by atoms with E-state index in [9.17, 15) is 14.7 Å². The highest BCUT2D eigenvalue weighted by molar-refractivity contribution is 6.03. The fraction of sp³-hybridized carbons (Fsp3) is 0.250. The first-order chi connectivity index (χ1) is 9.99. The third kappa shape index (κ3) is 3.51. The van der Waals surface area contributed by atoms with Crippen LogP contribution in [-0.2, 0) is 4.79 Å². The maximum absolute atomic E-state index is 12.1. The number of fused-ring (bicyclic) bond motifs is 1. The fourth-order valence-electron chi connectivity index (χ4n) is 2.17. The van der Waals surface area contributed by atoms with Crippen molar-refractivity contribution in [3.05, 3.63) is 42.0 Å². The van der Waals surface area contributed by atoms with E-state index in [2.05, 4.69) is 5.32 Å². The summed E-state index contributed by atoms with van der Waals surface area (Å²) in [5, 5.41) is 23.0. The molecule has 1 amide bonds. The molecule has 0 saturated carbocycles. The predicted molar refractivity (Wildman–Crippen MR) is 79.4 cm³/mol. The number of phenols is 1. The summed E-state index contributed by atoms with van der Waals surface area (Å²) in [5.74, 6) is -1.54. The van der Waals surface area contributed by atoms with Gasteiger partial charge in [0.25, 0.3) is 5.91 Å². The van der Waals surface area contributed by atoms with Gasteiger partial charge in [-0.2, -0.15) is 0 Å². The van der Waals surface area contributed by atoms with Crippen LogP contribution in [0.2, 0.25) is 0 Å². The number of aliphatic carboxylic acids is 1. The van der Waals surface area contributed by atoms with Crippen molar-refractivity contribution in [3.8, 4) is 5.75 Å². The topological polar surface area (TPSA) is 86.6 Å². The van der Waals surface area contributed by atoms with E-state index in [4.69, 9.17) is 5.11 Å². The van der Waals surface area contributed by atoms with E-state index in [1.54, 1.807) is 31.2 Å². The maximum Gasteiger partial charge on any atom is 0.303 e. The van der Waals surface area contributed by atoms with E-state index >= 15 is 0 Å². The van der Waals surface area contributed by atoms with Gasteiger partial charge in [-0.3, -0.25) is 9.59 Å². The van der Waals surface area contributed by atoms with Gasteiger partial charge in [-0.05, 0) is 17.4 Å². The number of benzene rings is 2. The van der Waals surface area contributed by atoms with Gasteiger partial charge in [-0.25, -0.2) is 0 Å². The molecule has 2 aromatic rings. The second-order valence-corrected chi connectivity index (χ2v) is 5.10. The molecule has 5 heteroatoms. The maximum atomic E-state index is 12.1. The van der Waals surface area contributed by atoms with Gasteiger partial charge in [0.2, 0.25) is 0 Å². The summed E-state index contributed by atoms with van der Waals surface area (Å²) in [6, 6.07) is 10.6. The minimum Gasteiger partial charge on any atom is -0.506 e. The Hall–Kier alpha value is -2.56. The Morgan fingerprint density at radius 3 is 2.62 bits per heavy atom. The Morgan fingerprint density at radius 2 is 1.90 bits per heavy atom. The van der Waals surface area contributed by atoms with E-state index in [1.807, 2.05) is 12.1 Å². The first-order valence-corrected chi connectivity index (χ1v) is 6.69. The highest BCUT2D eigenvalue weighted by Crippen LogP contribution is 2.28. The summed E-state index contributed by atoms with van der Waals surface area (Å²) in [7, 11) is 0. The van der Waals surface area contributed by atoms with Gasteiger partial charge in [0.15, 0.2) is 0 Å². The van der Waals surface area contributed by atoms with E-state index in [0.717, 1.165) is 5.39 Å². The quantitative estimate of drug-likeness (QED) is 0.788. The van der Waals surface area contributed by atoms with Crippen molar-refractivity contribution in [3.63, 3.8) is 0 Å². The van der Waals surface area contributed by atoms with Crippen LogP contribution < -0.4 is 5.32 Å². The normalized spacial score (nSPS) is 12.0. The Bertz CT molecular complexity index is 681. The van der Waals surface area contributed by atoms with Crippen LogP contribution in [-0.4, -0.2) is 28.6 Å². The molecular weight excluding hydrogens is 270 g/mol. The fourth-order valence-corrected chi connectivity index (χ4v) is 2.17. The Kier molecular flexibility index (Phi) is 4.42. The molecule has 0 heterocycles.